The lowest BCUT2D eigenvalue weighted by atomic mass is 10.1. The van der Waals surface area contributed by atoms with E-state index >= 15 is 0 Å². The lowest BCUT2D eigenvalue weighted by Gasteiger charge is -2.09. The van der Waals surface area contributed by atoms with Crippen LogP contribution in [0.15, 0.2) is 48.5 Å². The monoisotopic (exact) mass is 343 g/mol. The highest BCUT2D eigenvalue weighted by Crippen LogP contribution is 2.34. The van der Waals surface area contributed by atoms with E-state index in [2.05, 4.69) is 29.6 Å². The van der Waals surface area contributed by atoms with Gasteiger partial charge in [-0.05, 0) is 24.1 Å². The highest BCUT2D eigenvalue weighted by atomic mass is 35.5. The van der Waals surface area contributed by atoms with Crippen molar-refractivity contribution in [2.24, 2.45) is 0 Å². The van der Waals surface area contributed by atoms with Crippen molar-refractivity contribution in [3.05, 3.63) is 75.4 Å². The molecule has 0 amide bonds. The Morgan fingerprint density at radius 1 is 1.04 bits per heavy atom. The first-order valence-corrected chi connectivity index (χ1v) is 8.32. The first kappa shape index (κ1) is 14.6. The van der Waals surface area contributed by atoms with Crippen molar-refractivity contribution in [3.8, 4) is 5.69 Å². The van der Waals surface area contributed by atoms with Gasteiger partial charge in [-0.3, -0.25) is 0 Å². The van der Waals surface area contributed by atoms with E-state index in [9.17, 15) is 0 Å². The van der Waals surface area contributed by atoms with Crippen LogP contribution in [-0.4, -0.2) is 16.3 Å². The summed E-state index contributed by atoms with van der Waals surface area (Å²) < 4.78 is 1.88. The number of fused-ring (bicyclic) bond motifs is 1. The summed E-state index contributed by atoms with van der Waals surface area (Å²) >= 11 is 12.5. The number of anilines is 1. The minimum Gasteiger partial charge on any atom is -0.369 e. The molecule has 1 N–H and O–H groups in total. The summed E-state index contributed by atoms with van der Waals surface area (Å²) in [6, 6.07) is 16.0. The smallest absolute Gasteiger partial charge is 0.133 e. The van der Waals surface area contributed by atoms with Crippen molar-refractivity contribution in [1.29, 1.82) is 0 Å². The lowest BCUT2D eigenvalue weighted by molar-refractivity contribution is 0.840. The first-order valence-electron chi connectivity index (χ1n) is 7.57. The van der Waals surface area contributed by atoms with E-state index in [1.54, 1.807) is 6.07 Å². The Balaban J connectivity index is 1.80. The third-order valence-electron chi connectivity index (χ3n) is 4.11. The van der Waals surface area contributed by atoms with Gasteiger partial charge in [0.15, 0.2) is 0 Å². The quantitative estimate of drug-likeness (QED) is 0.744. The molecule has 3 aromatic rings. The summed E-state index contributed by atoms with van der Waals surface area (Å²) in [4.78, 5) is 0. The zero-order valence-electron chi connectivity index (χ0n) is 12.4. The van der Waals surface area contributed by atoms with Gasteiger partial charge in [-0.1, -0.05) is 59.6 Å². The molecule has 2 heterocycles. The maximum absolute atomic E-state index is 6.38. The van der Waals surface area contributed by atoms with Gasteiger partial charge in [-0.2, -0.15) is 5.10 Å². The molecule has 3 nitrogen and oxygen atoms in total. The minimum atomic E-state index is 0.527. The topological polar surface area (TPSA) is 29.9 Å². The summed E-state index contributed by atoms with van der Waals surface area (Å²) in [6.45, 7) is 0.924. The summed E-state index contributed by atoms with van der Waals surface area (Å²) in [7, 11) is 0. The molecule has 0 fully saturated rings. The molecule has 2 aromatic carbocycles. The van der Waals surface area contributed by atoms with Crippen LogP contribution in [0.5, 0.6) is 0 Å². The van der Waals surface area contributed by atoms with E-state index in [0.717, 1.165) is 36.6 Å². The second kappa shape index (κ2) is 5.91. The fraction of sp³-hybridized carbons (Fsp3) is 0.167. The van der Waals surface area contributed by atoms with E-state index in [4.69, 9.17) is 28.3 Å². The molecule has 0 radical (unpaired) electrons. The van der Waals surface area contributed by atoms with E-state index in [0.29, 0.717) is 10.0 Å². The SMILES string of the molecule is Clc1cccc(-n2nc(Cc3ccccc3)c3c2NCC3)c1Cl. The standard InChI is InChI=1S/C18H15Cl2N3/c19-14-7-4-8-16(17(14)20)23-18-13(9-10-21-18)15(22-23)11-12-5-2-1-3-6-12/h1-8,21H,9-11H2. The largest absolute Gasteiger partial charge is 0.369 e. The summed E-state index contributed by atoms with van der Waals surface area (Å²) in [5.41, 5.74) is 4.42. The number of nitrogens with one attached hydrogen (secondary N) is 1. The van der Waals surface area contributed by atoms with Gasteiger partial charge in [0.05, 0.1) is 21.4 Å². The predicted octanol–water partition coefficient (Wildman–Crippen LogP) is 4.74. The summed E-state index contributed by atoms with van der Waals surface area (Å²) in [6.07, 6.45) is 1.80. The van der Waals surface area contributed by atoms with Gasteiger partial charge in [0.1, 0.15) is 5.82 Å². The number of rotatable bonds is 3. The highest BCUT2D eigenvalue weighted by Gasteiger charge is 2.24. The number of hydrogen-bond donors (Lipinski definition) is 1. The van der Waals surface area contributed by atoms with Gasteiger partial charge in [0.25, 0.3) is 0 Å². The van der Waals surface area contributed by atoms with Gasteiger partial charge in [0.2, 0.25) is 0 Å². The van der Waals surface area contributed by atoms with Crippen molar-refractivity contribution >= 4 is 29.0 Å². The van der Waals surface area contributed by atoms with Crippen molar-refractivity contribution in [1.82, 2.24) is 9.78 Å². The maximum Gasteiger partial charge on any atom is 0.133 e. The van der Waals surface area contributed by atoms with E-state index < -0.39 is 0 Å². The molecular formula is C18H15Cl2N3. The molecule has 0 atom stereocenters. The average Bonchev–Trinajstić information content (AvgIpc) is 3.15. The molecule has 4 rings (SSSR count). The highest BCUT2D eigenvalue weighted by molar-refractivity contribution is 6.43. The molecule has 23 heavy (non-hydrogen) atoms. The Morgan fingerprint density at radius 3 is 2.70 bits per heavy atom. The first-order chi connectivity index (χ1) is 11.2. The molecule has 1 aliphatic heterocycles. The molecule has 0 spiro atoms. The molecule has 5 heteroatoms. The molecule has 0 aliphatic carbocycles. The van der Waals surface area contributed by atoms with Crippen LogP contribution in [0.4, 0.5) is 5.82 Å². The minimum absolute atomic E-state index is 0.527. The Labute approximate surface area is 144 Å². The molecular weight excluding hydrogens is 329 g/mol. The third kappa shape index (κ3) is 2.60. The van der Waals surface area contributed by atoms with Crippen LogP contribution in [0.3, 0.4) is 0 Å². The van der Waals surface area contributed by atoms with Crippen molar-refractivity contribution in [2.75, 3.05) is 11.9 Å². The second-order valence-electron chi connectivity index (χ2n) is 5.60. The van der Waals surface area contributed by atoms with Crippen LogP contribution >= 0.6 is 23.2 Å². The fourth-order valence-corrected chi connectivity index (χ4v) is 3.38. The van der Waals surface area contributed by atoms with E-state index in [-0.39, 0.29) is 0 Å². The maximum atomic E-state index is 6.38. The van der Waals surface area contributed by atoms with Gasteiger partial charge in [-0.25, -0.2) is 4.68 Å². The Morgan fingerprint density at radius 2 is 1.87 bits per heavy atom. The second-order valence-corrected chi connectivity index (χ2v) is 6.38. The van der Waals surface area contributed by atoms with E-state index in [1.807, 2.05) is 22.9 Å². The van der Waals surface area contributed by atoms with Crippen LogP contribution in [0.2, 0.25) is 10.0 Å². The molecule has 1 aromatic heterocycles. The van der Waals surface area contributed by atoms with Gasteiger partial charge in [-0.15, -0.1) is 0 Å². The molecule has 0 saturated carbocycles. The third-order valence-corrected chi connectivity index (χ3v) is 4.92. The molecule has 0 saturated heterocycles. The predicted molar refractivity (Wildman–Crippen MR) is 95.0 cm³/mol. The van der Waals surface area contributed by atoms with Gasteiger partial charge in [0, 0.05) is 18.5 Å². The van der Waals surface area contributed by atoms with Crippen LogP contribution in [0, 0.1) is 0 Å². The summed E-state index contributed by atoms with van der Waals surface area (Å²) in [5, 5.41) is 9.29. The summed E-state index contributed by atoms with van der Waals surface area (Å²) in [5.74, 6) is 1.03. The molecule has 0 bridgehead atoms. The number of hydrogen-bond acceptors (Lipinski definition) is 2. The number of aromatic nitrogens is 2. The zero-order valence-corrected chi connectivity index (χ0v) is 13.9. The Kier molecular flexibility index (Phi) is 3.76. The Hall–Kier alpha value is -1.97. The van der Waals surface area contributed by atoms with Crippen LogP contribution in [-0.2, 0) is 12.8 Å². The number of benzene rings is 2. The van der Waals surface area contributed by atoms with Crippen molar-refractivity contribution in [3.63, 3.8) is 0 Å². The van der Waals surface area contributed by atoms with Crippen LogP contribution in [0.1, 0.15) is 16.8 Å². The normalized spacial score (nSPS) is 13.0. The van der Waals surface area contributed by atoms with Crippen LogP contribution < -0.4 is 5.32 Å². The molecule has 0 unspecified atom stereocenters. The fourth-order valence-electron chi connectivity index (χ4n) is 3.01. The van der Waals surface area contributed by atoms with E-state index in [1.165, 1.54) is 11.1 Å². The average molecular weight is 344 g/mol. The molecule has 1 aliphatic rings. The van der Waals surface area contributed by atoms with Crippen molar-refractivity contribution < 1.29 is 0 Å². The molecule has 116 valence electrons. The van der Waals surface area contributed by atoms with Crippen LogP contribution in [0.25, 0.3) is 5.69 Å². The van der Waals surface area contributed by atoms with Gasteiger partial charge < -0.3 is 5.32 Å². The zero-order chi connectivity index (χ0) is 15.8. The van der Waals surface area contributed by atoms with Gasteiger partial charge >= 0.3 is 0 Å². The Bertz CT molecular complexity index is 856. The number of nitrogens with zero attached hydrogens (tertiary/aromatic N) is 2. The number of halogens is 2. The van der Waals surface area contributed by atoms with Crippen molar-refractivity contribution in [2.45, 2.75) is 12.8 Å². The lowest BCUT2D eigenvalue weighted by Crippen LogP contribution is -2.05.